The van der Waals surface area contributed by atoms with Crippen LogP contribution >= 0.6 is 11.3 Å². The summed E-state index contributed by atoms with van der Waals surface area (Å²) in [7, 11) is 2.06. The SMILES string of the molecule is Cc1ccccc1N(C)c1nc2sccn2c1CCN. The van der Waals surface area contributed by atoms with Crippen LogP contribution < -0.4 is 10.6 Å². The molecular weight excluding hydrogens is 268 g/mol. The molecule has 0 unspecified atom stereocenters. The van der Waals surface area contributed by atoms with Crippen molar-refractivity contribution in [2.75, 3.05) is 18.5 Å². The summed E-state index contributed by atoms with van der Waals surface area (Å²) in [4.78, 5) is 7.93. The molecule has 2 heterocycles. The van der Waals surface area contributed by atoms with Crippen LogP contribution in [0.25, 0.3) is 4.96 Å². The molecule has 4 nitrogen and oxygen atoms in total. The molecule has 104 valence electrons. The Balaban J connectivity index is 2.11. The first-order valence-corrected chi connectivity index (χ1v) is 7.54. The molecule has 0 fully saturated rings. The second-order valence-electron chi connectivity index (χ2n) is 4.82. The highest BCUT2D eigenvalue weighted by atomic mass is 32.1. The van der Waals surface area contributed by atoms with Gasteiger partial charge < -0.3 is 10.6 Å². The van der Waals surface area contributed by atoms with Gasteiger partial charge in [0.25, 0.3) is 0 Å². The molecule has 0 spiro atoms. The van der Waals surface area contributed by atoms with Gasteiger partial charge >= 0.3 is 0 Å². The molecule has 0 bridgehead atoms. The number of nitrogens with two attached hydrogens (primary N) is 1. The van der Waals surface area contributed by atoms with Gasteiger partial charge in [0.1, 0.15) is 0 Å². The van der Waals surface area contributed by atoms with Gasteiger partial charge in [0.05, 0.1) is 5.69 Å². The standard InChI is InChI=1S/C15H18N4S/c1-11-5-3-4-6-12(11)18(2)14-13(7-8-16)19-9-10-20-15(19)17-14/h3-6,9-10H,7-8,16H2,1-2H3. The summed E-state index contributed by atoms with van der Waals surface area (Å²) in [6.45, 7) is 2.74. The van der Waals surface area contributed by atoms with Crippen LogP contribution in [0.3, 0.4) is 0 Å². The lowest BCUT2D eigenvalue weighted by molar-refractivity contribution is 0.902. The predicted octanol–water partition coefficient (Wildman–Crippen LogP) is 2.97. The molecule has 0 radical (unpaired) electrons. The zero-order valence-corrected chi connectivity index (χ0v) is 12.5. The van der Waals surface area contributed by atoms with E-state index in [-0.39, 0.29) is 0 Å². The summed E-state index contributed by atoms with van der Waals surface area (Å²) in [6, 6.07) is 8.35. The van der Waals surface area contributed by atoms with Gasteiger partial charge in [-0.2, -0.15) is 0 Å². The van der Waals surface area contributed by atoms with Crippen LogP contribution in [0.2, 0.25) is 0 Å². The van der Waals surface area contributed by atoms with Gasteiger partial charge in [0, 0.05) is 30.7 Å². The van der Waals surface area contributed by atoms with Crippen molar-refractivity contribution in [3.8, 4) is 0 Å². The number of fused-ring (bicyclic) bond motifs is 1. The average molecular weight is 286 g/mol. The number of anilines is 2. The van der Waals surface area contributed by atoms with Crippen LogP contribution in [0.5, 0.6) is 0 Å². The summed E-state index contributed by atoms with van der Waals surface area (Å²) in [5, 5.41) is 2.06. The summed E-state index contributed by atoms with van der Waals surface area (Å²) >= 11 is 1.65. The van der Waals surface area contributed by atoms with Crippen LogP contribution in [-0.4, -0.2) is 23.0 Å². The van der Waals surface area contributed by atoms with E-state index in [2.05, 4.69) is 59.1 Å². The lowest BCUT2D eigenvalue weighted by Crippen LogP contribution is -2.15. The molecule has 0 amide bonds. The molecule has 0 atom stereocenters. The second-order valence-corrected chi connectivity index (χ2v) is 5.69. The Kier molecular flexibility index (Phi) is 3.46. The smallest absolute Gasteiger partial charge is 0.195 e. The highest BCUT2D eigenvalue weighted by Gasteiger charge is 2.17. The van der Waals surface area contributed by atoms with E-state index in [1.807, 2.05) is 0 Å². The number of rotatable bonds is 4. The monoisotopic (exact) mass is 286 g/mol. The number of benzene rings is 1. The third-order valence-corrected chi connectivity index (χ3v) is 4.27. The van der Waals surface area contributed by atoms with E-state index in [9.17, 15) is 0 Å². The molecule has 0 aliphatic rings. The van der Waals surface area contributed by atoms with Gasteiger partial charge in [0.15, 0.2) is 10.8 Å². The zero-order valence-electron chi connectivity index (χ0n) is 11.7. The van der Waals surface area contributed by atoms with Crippen molar-refractivity contribution < 1.29 is 0 Å². The maximum atomic E-state index is 5.76. The minimum atomic E-state index is 0.623. The van der Waals surface area contributed by atoms with E-state index in [1.54, 1.807) is 11.3 Å². The normalized spacial score (nSPS) is 11.2. The summed E-state index contributed by atoms with van der Waals surface area (Å²) in [6.07, 6.45) is 2.89. The Labute approximate surface area is 122 Å². The van der Waals surface area contributed by atoms with Crippen molar-refractivity contribution >= 4 is 27.8 Å². The Morgan fingerprint density at radius 2 is 2.15 bits per heavy atom. The van der Waals surface area contributed by atoms with E-state index < -0.39 is 0 Å². The van der Waals surface area contributed by atoms with Gasteiger partial charge in [-0.3, -0.25) is 4.40 Å². The Bertz CT molecular complexity index is 728. The molecular formula is C15H18N4S. The van der Waals surface area contributed by atoms with Gasteiger partial charge in [-0.05, 0) is 25.1 Å². The topological polar surface area (TPSA) is 46.6 Å². The molecule has 2 N–H and O–H groups in total. The summed E-state index contributed by atoms with van der Waals surface area (Å²) in [5.74, 6) is 0.997. The highest BCUT2D eigenvalue weighted by Crippen LogP contribution is 2.30. The third-order valence-electron chi connectivity index (χ3n) is 3.52. The van der Waals surface area contributed by atoms with Gasteiger partial charge in [0.2, 0.25) is 0 Å². The second kappa shape index (κ2) is 5.26. The first-order chi connectivity index (χ1) is 9.72. The number of imidazole rings is 1. The average Bonchev–Trinajstić information content (AvgIpc) is 3.01. The van der Waals surface area contributed by atoms with Crippen molar-refractivity contribution in [3.63, 3.8) is 0 Å². The Morgan fingerprint density at radius 3 is 2.90 bits per heavy atom. The zero-order chi connectivity index (χ0) is 14.1. The highest BCUT2D eigenvalue weighted by molar-refractivity contribution is 7.15. The number of para-hydroxylation sites is 1. The fourth-order valence-corrected chi connectivity index (χ4v) is 3.24. The van der Waals surface area contributed by atoms with Crippen molar-refractivity contribution in [2.45, 2.75) is 13.3 Å². The molecule has 1 aromatic carbocycles. The maximum absolute atomic E-state index is 5.76. The number of hydrogen-bond donors (Lipinski definition) is 1. The first-order valence-electron chi connectivity index (χ1n) is 6.66. The fourth-order valence-electron chi connectivity index (χ4n) is 2.51. The van der Waals surface area contributed by atoms with Crippen molar-refractivity contribution in [2.24, 2.45) is 5.73 Å². The molecule has 0 aliphatic carbocycles. The van der Waals surface area contributed by atoms with Crippen LogP contribution in [0.4, 0.5) is 11.5 Å². The molecule has 5 heteroatoms. The predicted molar refractivity (Wildman–Crippen MR) is 85.1 cm³/mol. The number of thiazole rings is 1. The molecule has 20 heavy (non-hydrogen) atoms. The molecule has 0 saturated heterocycles. The summed E-state index contributed by atoms with van der Waals surface area (Å²) < 4.78 is 2.14. The Morgan fingerprint density at radius 1 is 1.35 bits per heavy atom. The molecule has 2 aromatic heterocycles. The van der Waals surface area contributed by atoms with E-state index in [0.717, 1.165) is 17.2 Å². The van der Waals surface area contributed by atoms with E-state index in [4.69, 9.17) is 10.7 Å². The number of hydrogen-bond acceptors (Lipinski definition) is 4. The number of aryl methyl sites for hydroxylation is 1. The Hall–Kier alpha value is -1.85. The van der Waals surface area contributed by atoms with Crippen LogP contribution in [-0.2, 0) is 6.42 Å². The van der Waals surface area contributed by atoms with E-state index >= 15 is 0 Å². The minimum Gasteiger partial charge on any atom is -0.330 e. The quantitative estimate of drug-likeness (QED) is 0.802. The molecule has 0 saturated carbocycles. The largest absolute Gasteiger partial charge is 0.330 e. The van der Waals surface area contributed by atoms with Crippen molar-refractivity contribution in [1.82, 2.24) is 9.38 Å². The molecule has 3 rings (SSSR count). The van der Waals surface area contributed by atoms with Crippen LogP contribution in [0, 0.1) is 6.92 Å². The van der Waals surface area contributed by atoms with Gasteiger partial charge in [-0.25, -0.2) is 4.98 Å². The summed E-state index contributed by atoms with van der Waals surface area (Å²) in [5.41, 5.74) is 9.35. The van der Waals surface area contributed by atoms with Crippen LogP contribution in [0.1, 0.15) is 11.3 Å². The fraction of sp³-hybridized carbons (Fsp3) is 0.267. The maximum Gasteiger partial charge on any atom is 0.195 e. The lowest BCUT2D eigenvalue weighted by Gasteiger charge is -2.20. The van der Waals surface area contributed by atoms with E-state index in [0.29, 0.717) is 6.54 Å². The number of aromatic nitrogens is 2. The number of nitrogens with zero attached hydrogens (tertiary/aromatic N) is 3. The van der Waals surface area contributed by atoms with Crippen molar-refractivity contribution in [3.05, 3.63) is 47.1 Å². The van der Waals surface area contributed by atoms with Gasteiger partial charge in [-0.15, -0.1) is 11.3 Å². The first kappa shape index (κ1) is 13.1. The van der Waals surface area contributed by atoms with Crippen LogP contribution in [0.15, 0.2) is 35.8 Å². The van der Waals surface area contributed by atoms with E-state index in [1.165, 1.54) is 16.9 Å². The molecule has 0 aliphatic heterocycles. The third kappa shape index (κ3) is 2.09. The minimum absolute atomic E-state index is 0.623. The molecule has 3 aromatic rings. The van der Waals surface area contributed by atoms with Gasteiger partial charge in [-0.1, -0.05) is 18.2 Å². The van der Waals surface area contributed by atoms with Crippen molar-refractivity contribution in [1.29, 1.82) is 0 Å². The lowest BCUT2D eigenvalue weighted by atomic mass is 10.2.